The van der Waals surface area contributed by atoms with Gasteiger partial charge in [0, 0.05) is 5.54 Å². The van der Waals surface area contributed by atoms with Gasteiger partial charge in [0.2, 0.25) is 0 Å². The number of unbranched alkanes of at least 4 members (excludes halogenated alkanes) is 13. The van der Waals surface area contributed by atoms with Crippen molar-refractivity contribution in [1.82, 2.24) is 0 Å². The molecule has 0 saturated heterocycles. The van der Waals surface area contributed by atoms with Gasteiger partial charge < -0.3 is 5.73 Å². The van der Waals surface area contributed by atoms with Crippen LogP contribution in [0.4, 0.5) is 0 Å². The summed E-state index contributed by atoms with van der Waals surface area (Å²) in [6.45, 7) is 6.84. The van der Waals surface area contributed by atoms with Gasteiger partial charge in [-0.15, -0.1) is 0 Å². The van der Waals surface area contributed by atoms with Crippen molar-refractivity contribution in [3.63, 3.8) is 0 Å². The highest BCUT2D eigenvalue weighted by molar-refractivity contribution is 5.16. The molecule has 1 nitrogen and oxygen atoms in total. The lowest BCUT2D eigenvalue weighted by Crippen LogP contribution is -2.47. The molecule has 1 aromatic carbocycles. The molecule has 0 aliphatic carbocycles. The van der Waals surface area contributed by atoms with Crippen LogP contribution in [0.1, 0.15) is 135 Å². The minimum Gasteiger partial charge on any atom is -0.325 e. The van der Waals surface area contributed by atoms with Crippen molar-refractivity contribution < 1.29 is 0 Å². The largest absolute Gasteiger partial charge is 0.325 e. The molecule has 1 aromatic rings. The Bertz CT molecular complexity index is 476. The molecule has 1 atom stereocenters. The third-order valence-electron chi connectivity index (χ3n) is 7.36. The maximum absolute atomic E-state index is 6.84. The van der Waals surface area contributed by atoms with Gasteiger partial charge in [-0.3, -0.25) is 0 Å². The van der Waals surface area contributed by atoms with Crippen molar-refractivity contribution in [3.05, 3.63) is 35.9 Å². The van der Waals surface area contributed by atoms with Crippen molar-refractivity contribution in [2.24, 2.45) is 11.7 Å². The second-order valence-corrected chi connectivity index (χ2v) is 9.71. The van der Waals surface area contributed by atoms with Gasteiger partial charge in [0.05, 0.1) is 0 Å². The summed E-state index contributed by atoms with van der Waals surface area (Å²) in [5.41, 5.74) is 8.28. The summed E-state index contributed by atoms with van der Waals surface area (Å²) in [7, 11) is 0. The molecular formula is C29H53N. The van der Waals surface area contributed by atoms with Gasteiger partial charge in [-0.05, 0) is 37.2 Å². The normalized spacial score (nSPS) is 12.9. The zero-order valence-corrected chi connectivity index (χ0v) is 20.8. The van der Waals surface area contributed by atoms with E-state index in [0.717, 1.165) is 19.3 Å². The fraction of sp³-hybridized carbons (Fsp3) is 0.793. The first-order valence-corrected chi connectivity index (χ1v) is 13.5. The molecule has 0 aliphatic heterocycles. The molecule has 0 aromatic heterocycles. The summed E-state index contributed by atoms with van der Waals surface area (Å²) in [6.07, 6.45) is 24.6. The fourth-order valence-electron chi connectivity index (χ4n) is 4.90. The Morgan fingerprint density at radius 2 is 1.07 bits per heavy atom. The van der Waals surface area contributed by atoms with E-state index in [-0.39, 0.29) is 5.54 Å². The zero-order valence-electron chi connectivity index (χ0n) is 20.8. The summed E-state index contributed by atoms with van der Waals surface area (Å²) in [5.74, 6) is 0.604. The van der Waals surface area contributed by atoms with Crippen LogP contribution >= 0.6 is 0 Å². The van der Waals surface area contributed by atoms with Gasteiger partial charge in [-0.2, -0.15) is 0 Å². The second-order valence-electron chi connectivity index (χ2n) is 9.71. The molecule has 0 saturated carbocycles. The van der Waals surface area contributed by atoms with Gasteiger partial charge in [0.15, 0.2) is 0 Å². The van der Waals surface area contributed by atoms with Gasteiger partial charge in [-0.1, -0.05) is 141 Å². The Morgan fingerprint density at radius 1 is 0.633 bits per heavy atom. The SMILES string of the molecule is CCCCCCCCCCCCCCCCC(Cc1ccccc1)C(N)(CC)CC. The lowest BCUT2D eigenvalue weighted by atomic mass is 9.74. The molecule has 0 fully saturated rings. The van der Waals surface area contributed by atoms with E-state index in [2.05, 4.69) is 51.1 Å². The van der Waals surface area contributed by atoms with Crippen LogP contribution in [0.15, 0.2) is 30.3 Å². The van der Waals surface area contributed by atoms with E-state index < -0.39 is 0 Å². The monoisotopic (exact) mass is 415 g/mol. The molecule has 1 unspecified atom stereocenters. The Hall–Kier alpha value is -0.820. The van der Waals surface area contributed by atoms with Crippen molar-refractivity contribution in [1.29, 1.82) is 0 Å². The van der Waals surface area contributed by atoms with E-state index in [4.69, 9.17) is 5.73 Å². The third kappa shape index (κ3) is 12.1. The predicted octanol–water partition coefficient (Wildman–Crippen LogP) is 9.23. The van der Waals surface area contributed by atoms with Gasteiger partial charge >= 0.3 is 0 Å². The van der Waals surface area contributed by atoms with Crippen LogP contribution in [0.25, 0.3) is 0 Å². The summed E-state index contributed by atoms with van der Waals surface area (Å²) in [5, 5.41) is 0. The maximum atomic E-state index is 6.84. The number of hydrogen-bond donors (Lipinski definition) is 1. The molecule has 0 bridgehead atoms. The number of nitrogens with two attached hydrogens (primary N) is 1. The Balaban J connectivity index is 2.13. The number of hydrogen-bond acceptors (Lipinski definition) is 1. The van der Waals surface area contributed by atoms with E-state index in [9.17, 15) is 0 Å². The molecule has 0 radical (unpaired) electrons. The van der Waals surface area contributed by atoms with E-state index in [1.165, 1.54) is 102 Å². The molecule has 0 heterocycles. The molecule has 0 aliphatic rings. The van der Waals surface area contributed by atoms with Gasteiger partial charge in [0.1, 0.15) is 0 Å². The van der Waals surface area contributed by atoms with E-state index >= 15 is 0 Å². The van der Waals surface area contributed by atoms with E-state index in [1.807, 2.05) is 0 Å². The van der Waals surface area contributed by atoms with Crippen LogP contribution in [0.3, 0.4) is 0 Å². The first kappa shape index (κ1) is 27.2. The standard InChI is InChI=1S/C29H53N/c1-4-7-8-9-10-11-12-13-14-15-16-17-18-22-25-28(29(30,5-2)6-3)26-27-23-20-19-21-24-27/h19-21,23-24,28H,4-18,22,25-26,30H2,1-3H3. The highest BCUT2D eigenvalue weighted by atomic mass is 14.7. The van der Waals surface area contributed by atoms with E-state index in [1.54, 1.807) is 0 Å². The van der Waals surface area contributed by atoms with Crippen LogP contribution in [-0.2, 0) is 6.42 Å². The van der Waals surface area contributed by atoms with Crippen LogP contribution in [0.2, 0.25) is 0 Å². The smallest absolute Gasteiger partial charge is 0.0180 e. The number of benzene rings is 1. The molecule has 1 rings (SSSR count). The molecular weight excluding hydrogens is 362 g/mol. The minimum absolute atomic E-state index is 0.00756. The summed E-state index contributed by atoms with van der Waals surface area (Å²) in [6, 6.07) is 11.0. The Labute approximate surface area is 189 Å². The minimum atomic E-state index is -0.00756. The van der Waals surface area contributed by atoms with Crippen molar-refractivity contribution in [2.45, 2.75) is 142 Å². The van der Waals surface area contributed by atoms with E-state index in [0.29, 0.717) is 5.92 Å². The van der Waals surface area contributed by atoms with Gasteiger partial charge in [-0.25, -0.2) is 0 Å². The average molecular weight is 416 g/mol. The summed E-state index contributed by atoms with van der Waals surface area (Å²) < 4.78 is 0. The predicted molar refractivity (Wildman–Crippen MR) is 136 cm³/mol. The molecule has 0 spiro atoms. The second kappa shape index (κ2) is 17.8. The van der Waals surface area contributed by atoms with Crippen LogP contribution < -0.4 is 5.73 Å². The van der Waals surface area contributed by atoms with Crippen LogP contribution in [0, 0.1) is 5.92 Å². The fourth-order valence-corrected chi connectivity index (χ4v) is 4.90. The topological polar surface area (TPSA) is 26.0 Å². The maximum Gasteiger partial charge on any atom is 0.0180 e. The summed E-state index contributed by atoms with van der Waals surface area (Å²) in [4.78, 5) is 0. The molecule has 30 heavy (non-hydrogen) atoms. The van der Waals surface area contributed by atoms with Crippen molar-refractivity contribution in [3.8, 4) is 0 Å². The first-order chi connectivity index (χ1) is 14.7. The highest BCUT2D eigenvalue weighted by Gasteiger charge is 2.30. The Kier molecular flexibility index (Phi) is 16.2. The van der Waals surface area contributed by atoms with Crippen molar-refractivity contribution >= 4 is 0 Å². The molecule has 1 heteroatoms. The Morgan fingerprint density at radius 3 is 1.50 bits per heavy atom. The lowest BCUT2D eigenvalue weighted by molar-refractivity contribution is 0.229. The first-order valence-electron chi connectivity index (χ1n) is 13.5. The average Bonchev–Trinajstić information content (AvgIpc) is 2.78. The number of rotatable bonds is 20. The van der Waals surface area contributed by atoms with Crippen LogP contribution in [0.5, 0.6) is 0 Å². The molecule has 2 N–H and O–H groups in total. The zero-order chi connectivity index (χ0) is 21.9. The van der Waals surface area contributed by atoms with Gasteiger partial charge in [0.25, 0.3) is 0 Å². The molecule has 0 amide bonds. The highest BCUT2D eigenvalue weighted by Crippen LogP contribution is 2.30. The van der Waals surface area contributed by atoms with Crippen molar-refractivity contribution in [2.75, 3.05) is 0 Å². The quantitative estimate of drug-likeness (QED) is 0.211. The summed E-state index contributed by atoms with van der Waals surface area (Å²) >= 11 is 0. The van der Waals surface area contributed by atoms with Crippen LogP contribution in [-0.4, -0.2) is 5.54 Å². The molecule has 174 valence electrons. The lowest BCUT2D eigenvalue weighted by Gasteiger charge is -2.36. The third-order valence-corrected chi connectivity index (χ3v) is 7.36.